The van der Waals surface area contributed by atoms with Crippen molar-refractivity contribution in [2.75, 3.05) is 7.11 Å². The highest BCUT2D eigenvalue weighted by atomic mass is 16.5. The summed E-state index contributed by atoms with van der Waals surface area (Å²) >= 11 is 0. The average molecular weight is 137 g/mol. The van der Waals surface area contributed by atoms with Crippen LogP contribution in [0.5, 0.6) is 0 Å². The Morgan fingerprint density at radius 2 is 2.50 bits per heavy atom. The summed E-state index contributed by atoms with van der Waals surface area (Å²) in [6.07, 6.45) is 8.24. The minimum atomic E-state index is -0.260. The van der Waals surface area contributed by atoms with Crippen molar-refractivity contribution in [1.82, 2.24) is 0 Å². The molecule has 0 spiro atoms. The van der Waals surface area contributed by atoms with Gasteiger partial charge in [-0.3, -0.25) is 0 Å². The van der Waals surface area contributed by atoms with Crippen molar-refractivity contribution in [2.45, 2.75) is 6.42 Å². The first-order valence-electron chi connectivity index (χ1n) is 3.13. The van der Waals surface area contributed by atoms with Gasteiger partial charge in [0.05, 0.1) is 7.11 Å². The predicted octanol–water partition coefficient (Wildman–Crippen LogP) is 1.25. The van der Waals surface area contributed by atoms with E-state index in [-0.39, 0.29) is 5.97 Å². The van der Waals surface area contributed by atoms with Crippen LogP contribution in [0.1, 0.15) is 6.42 Å². The molecule has 1 rings (SSSR count). The molecular formula is C8H9O2. The third-order valence-electron chi connectivity index (χ3n) is 1.31. The maximum atomic E-state index is 10.8. The van der Waals surface area contributed by atoms with Gasteiger partial charge in [-0.2, -0.15) is 0 Å². The maximum Gasteiger partial charge on any atom is 0.334 e. The Kier molecular flexibility index (Phi) is 2.26. The van der Waals surface area contributed by atoms with Gasteiger partial charge in [-0.05, 0) is 6.42 Å². The first-order valence-corrected chi connectivity index (χ1v) is 3.13. The smallest absolute Gasteiger partial charge is 0.334 e. The standard InChI is InChI=1S/C8H9O2/c1-10-8(9)7-5-3-2-4-6-7/h2-3,5-6H,4H2,1H3. The molecule has 0 saturated carbocycles. The third-order valence-corrected chi connectivity index (χ3v) is 1.31. The fourth-order valence-corrected chi connectivity index (χ4v) is 0.783. The summed E-state index contributed by atoms with van der Waals surface area (Å²) in [5, 5.41) is 0. The van der Waals surface area contributed by atoms with Crippen LogP contribution in [0.4, 0.5) is 0 Å². The van der Waals surface area contributed by atoms with Crippen molar-refractivity contribution in [3.8, 4) is 0 Å². The molecule has 1 radical (unpaired) electrons. The van der Waals surface area contributed by atoms with Crippen LogP contribution in [-0.2, 0) is 9.53 Å². The quantitative estimate of drug-likeness (QED) is 0.508. The van der Waals surface area contributed by atoms with E-state index in [0.29, 0.717) is 5.57 Å². The Bertz CT molecular complexity index is 189. The second kappa shape index (κ2) is 3.20. The number of ether oxygens (including phenoxy) is 1. The van der Waals surface area contributed by atoms with E-state index in [9.17, 15) is 4.79 Å². The lowest BCUT2D eigenvalue weighted by Gasteiger charge is -2.04. The third kappa shape index (κ3) is 1.47. The van der Waals surface area contributed by atoms with Gasteiger partial charge in [-0.25, -0.2) is 4.79 Å². The van der Waals surface area contributed by atoms with Crippen molar-refractivity contribution in [3.05, 3.63) is 30.2 Å². The second-order valence-electron chi connectivity index (χ2n) is 1.98. The van der Waals surface area contributed by atoms with E-state index in [1.54, 1.807) is 6.08 Å². The maximum absolute atomic E-state index is 10.8. The van der Waals surface area contributed by atoms with Crippen LogP contribution >= 0.6 is 0 Å². The van der Waals surface area contributed by atoms with Crippen molar-refractivity contribution in [3.63, 3.8) is 0 Å². The molecule has 0 N–H and O–H groups in total. The first-order chi connectivity index (χ1) is 4.84. The summed E-state index contributed by atoms with van der Waals surface area (Å²) < 4.78 is 4.52. The van der Waals surface area contributed by atoms with Gasteiger partial charge in [-0.15, -0.1) is 0 Å². The Balaban J connectivity index is 2.62. The molecule has 1 aliphatic carbocycles. The first kappa shape index (κ1) is 7.06. The highest BCUT2D eigenvalue weighted by Crippen LogP contribution is 2.10. The summed E-state index contributed by atoms with van der Waals surface area (Å²) in [5.41, 5.74) is 0.644. The molecule has 0 aliphatic heterocycles. The molecule has 2 heteroatoms. The van der Waals surface area contributed by atoms with Crippen molar-refractivity contribution >= 4 is 5.97 Å². The Morgan fingerprint density at radius 1 is 1.70 bits per heavy atom. The molecule has 0 aromatic heterocycles. The molecule has 53 valence electrons. The zero-order chi connectivity index (χ0) is 7.40. The van der Waals surface area contributed by atoms with Gasteiger partial charge in [0, 0.05) is 12.0 Å². The van der Waals surface area contributed by atoms with Crippen LogP contribution in [-0.4, -0.2) is 13.1 Å². The predicted molar refractivity (Wildman–Crippen MR) is 38.2 cm³/mol. The van der Waals surface area contributed by atoms with Gasteiger partial charge in [0.2, 0.25) is 0 Å². The van der Waals surface area contributed by atoms with E-state index < -0.39 is 0 Å². The monoisotopic (exact) mass is 137 g/mol. The minimum absolute atomic E-state index is 0.260. The SMILES string of the molecule is COC(=O)C1=CC=CC[CH]1. The van der Waals surface area contributed by atoms with Gasteiger partial charge in [0.1, 0.15) is 0 Å². The minimum Gasteiger partial charge on any atom is -0.466 e. The summed E-state index contributed by atoms with van der Waals surface area (Å²) in [4.78, 5) is 10.8. The molecule has 0 bridgehead atoms. The highest BCUT2D eigenvalue weighted by Gasteiger charge is 2.08. The fraction of sp³-hybridized carbons (Fsp3) is 0.250. The zero-order valence-electron chi connectivity index (χ0n) is 5.83. The summed E-state index contributed by atoms with van der Waals surface area (Å²) in [5.74, 6) is -0.260. The molecule has 0 amide bonds. The normalized spacial score (nSPS) is 16.3. The molecule has 0 aromatic carbocycles. The van der Waals surface area contributed by atoms with Crippen LogP contribution < -0.4 is 0 Å². The van der Waals surface area contributed by atoms with Crippen molar-refractivity contribution in [1.29, 1.82) is 0 Å². The zero-order valence-corrected chi connectivity index (χ0v) is 5.83. The number of esters is 1. The molecular weight excluding hydrogens is 128 g/mol. The van der Waals surface area contributed by atoms with E-state index in [1.807, 2.05) is 18.6 Å². The van der Waals surface area contributed by atoms with E-state index in [0.717, 1.165) is 6.42 Å². The molecule has 0 heterocycles. The van der Waals surface area contributed by atoms with Gasteiger partial charge in [0.25, 0.3) is 0 Å². The molecule has 10 heavy (non-hydrogen) atoms. The van der Waals surface area contributed by atoms with E-state index in [1.165, 1.54) is 7.11 Å². The number of methoxy groups -OCH3 is 1. The number of carbonyl (C=O) groups excluding carboxylic acids is 1. The molecule has 0 unspecified atom stereocenters. The molecule has 2 nitrogen and oxygen atoms in total. The largest absolute Gasteiger partial charge is 0.466 e. The molecule has 0 atom stereocenters. The van der Waals surface area contributed by atoms with E-state index >= 15 is 0 Å². The van der Waals surface area contributed by atoms with E-state index in [2.05, 4.69) is 4.74 Å². The number of allylic oxidation sites excluding steroid dienone is 3. The highest BCUT2D eigenvalue weighted by molar-refractivity contribution is 5.91. The van der Waals surface area contributed by atoms with Crippen molar-refractivity contribution in [2.24, 2.45) is 0 Å². The summed E-state index contributed by atoms with van der Waals surface area (Å²) in [7, 11) is 1.38. The van der Waals surface area contributed by atoms with Crippen LogP contribution in [0.25, 0.3) is 0 Å². The van der Waals surface area contributed by atoms with E-state index in [4.69, 9.17) is 0 Å². The van der Waals surface area contributed by atoms with Gasteiger partial charge < -0.3 is 4.74 Å². The molecule has 0 fully saturated rings. The topological polar surface area (TPSA) is 26.3 Å². The van der Waals surface area contributed by atoms with Crippen LogP contribution in [0.3, 0.4) is 0 Å². The van der Waals surface area contributed by atoms with Crippen LogP contribution in [0, 0.1) is 6.42 Å². The summed E-state index contributed by atoms with van der Waals surface area (Å²) in [6, 6.07) is 0. The number of hydrogen-bond acceptors (Lipinski definition) is 2. The molecule has 0 aromatic rings. The van der Waals surface area contributed by atoms with Crippen LogP contribution in [0.2, 0.25) is 0 Å². The number of hydrogen-bond donors (Lipinski definition) is 0. The second-order valence-corrected chi connectivity index (χ2v) is 1.98. The lowest BCUT2D eigenvalue weighted by molar-refractivity contribution is -0.135. The fourth-order valence-electron chi connectivity index (χ4n) is 0.783. The van der Waals surface area contributed by atoms with Crippen molar-refractivity contribution < 1.29 is 9.53 Å². The van der Waals surface area contributed by atoms with Gasteiger partial charge in [-0.1, -0.05) is 18.2 Å². The lowest BCUT2D eigenvalue weighted by Crippen LogP contribution is -2.05. The summed E-state index contributed by atoms with van der Waals surface area (Å²) in [6.45, 7) is 0. The molecule has 1 aliphatic rings. The van der Waals surface area contributed by atoms with Gasteiger partial charge >= 0.3 is 5.97 Å². The molecule has 0 saturated heterocycles. The lowest BCUT2D eigenvalue weighted by atomic mass is 10.1. The Hall–Kier alpha value is -1.05. The Morgan fingerprint density at radius 3 is 3.00 bits per heavy atom. The number of rotatable bonds is 1. The van der Waals surface area contributed by atoms with Gasteiger partial charge in [0.15, 0.2) is 0 Å². The Labute approximate surface area is 60.2 Å². The average Bonchev–Trinajstić information content (AvgIpc) is 2.05. The number of carbonyl (C=O) groups is 1. The van der Waals surface area contributed by atoms with Crippen LogP contribution in [0.15, 0.2) is 23.8 Å².